The van der Waals surface area contributed by atoms with E-state index in [1.807, 2.05) is 11.8 Å². The van der Waals surface area contributed by atoms with Crippen molar-refractivity contribution in [3.8, 4) is 0 Å². The van der Waals surface area contributed by atoms with Gasteiger partial charge in [0.05, 0.1) is 4.92 Å². The van der Waals surface area contributed by atoms with Crippen molar-refractivity contribution in [1.82, 2.24) is 0 Å². The molecule has 7 heteroatoms. The number of nitrogens with two attached hydrogens (primary N) is 1. The van der Waals surface area contributed by atoms with E-state index in [-0.39, 0.29) is 23.3 Å². The molecular formula is C14H19F2N3O2. The lowest BCUT2D eigenvalue weighted by Gasteiger charge is -2.40. The Kier molecular flexibility index (Phi) is 4.72. The van der Waals surface area contributed by atoms with Crippen molar-refractivity contribution in [2.75, 3.05) is 11.4 Å². The fourth-order valence-corrected chi connectivity index (χ4v) is 2.89. The first-order chi connectivity index (χ1) is 9.91. The molecule has 21 heavy (non-hydrogen) atoms. The number of anilines is 1. The Morgan fingerprint density at radius 3 is 2.71 bits per heavy atom. The molecule has 0 saturated carbocycles. The van der Waals surface area contributed by atoms with E-state index in [0.717, 1.165) is 25.3 Å². The number of alkyl halides is 2. The van der Waals surface area contributed by atoms with Gasteiger partial charge in [-0.1, -0.05) is 0 Å². The summed E-state index contributed by atoms with van der Waals surface area (Å²) in [7, 11) is 0. The summed E-state index contributed by atoms with van der Waals surface area (Å²) in [5.74, 6) is 0. The first-order valence-corrected chi connectivity index (χ1v) is 7.00. The summed E-state index contributed by atoms with van der Waals surface area (Å²) in [6.07, 6.45) is 0.00969. The second-order valence-corrected chi connectivity index (χ2v) is 5.42. The third kappa shape index (κ3) is 3.29. The summed E-state index contributed by atoms with van der Waals surface area (Å²) in [5.41, 5.74) is 5.71. The number of rotatable bonds is 4. The van der Waals surface area contributed by atoms with Crippen molar-refractivity contribution in [2.45, 2.75) is 44.7 Å². The van der Waals surface area contributed by atoms with Gasteiger partial charge in [0.15, 0.2) is 0 Å². The van der Waals surface area contributed by atoms with Crippen LogP contribution in [0.2, 0.25) is 0 Å². The lowest BCUT2D eigenvalue weighted by molar-refractivity contribution is -0.385. The van der Waals surface area contributed by atoms with Gasteiger partial charge in [-0.2, -0.15) is 0 Å². The highest BCUT2D eigenvalue weighted by atomic mass is 19.3. The first-order valence-electron chi connectivity index (χ1n) is 7.00. The molecule has 1 aliphatic heterocycles. The van der Waals surface area contributed by atoms with Gasteiger partial charge in [0.1, 0.15) is 0 Å². The highest BCUT2D eigenvalue weighted by Crippen LogP contribution is 2.36. The monoisotopic (exact) mass is 299 g/mol. The molecule has 0 aromatic heterocycles. The smallest absolute Gasteiger partial charge is 0.270 e. The third-order valence-corrected chi connectivity index (χ3v) is 3.92. The van der Waals surface area contributed by atoms with Crippen LogP contribution in [0, 0.1) is 10.1 Å². The molecule has 2 atom stereocenters. The van der Waals surface area contributed by atoms with Gasteiger partial charge < -0.3 is 10.6 Å². The van der Waals surface area contributed by atoms with E-state index in [1.54, 1.807) is 0 Å². The van der Waals surface area contributed by atoms with Gasteiger partial charge in [-0.25, -0.2) is 8.78 Å². The molecule has 0 aliphatic carbocycles. The van der Waals surface area contributed by atoms with Crippen LogP contribution in [0.25, 0.3) is 0 Å². The molecule has 1 aromatic rings. The summed E-state index contributed by atoms with van der Waals surface area (Å²) in [6, 6.07) is 3.49. The van der Waals surface area contributed by atoms with Crippen LogP contribution in [0.3, 0.4) is 0 Å². The summed E-state index contributed by atoms with van der Waals surface area (Å²) >= 11 is 0. The molecule has 2 rings (SSSR count). The number of nitro groups is 1. The van der Waals surface area contributed by atoms with E-state index in [9.17, 15) is 18.9 Å². The Bertz CT molecular complexity index is 523. The second kappa shape index (κ2) is 6.34. The molecule has 1 aliphatic rings. The molecule has 0 radical (unpaired) electrons. The van der Waals surface area contributed by atoms with E-state index >= 15 is 0 Å². The maximum Gasteiger partial charge on any atom is 0.270 e. The summed E-state index contributed by atoms with van der Waals surface area (Å²) in [5, 5.41) is 10.8. The van der Waals surface area contributed by atoms with Crippen LogP contribution in [0.15, 0.2) is 18.2 Å². The number of hydrogen-bond donors (Lipinski definition) is 1. The number of nitrogens with zero attached hydrogens (tertiary/aromatic N) is 2. The number of halogens is 2. The fourth-order valence-electron chi connectivity index (χ4n) is 2.89. The van der Waals surface area contributed by atoms with Crippen LogP contribution in [0.5, 0.6) is 0 Å². The van der Waals surface area contributed by atoms with Crippen molar-refractivity contribution in [2.24, 2.45) is 5.73 Å². The quantitative estimate of drug-likeness (QED) is 0.684. The van der Waals surface area contributed by atoms with Crippen LogP contribution in [0.4, 0.5) is 20.2 Å². The summed E-state index contributed by atoms with van der Waals surface area (Å²) in [6.45, 7) is 2.50. The van der Waals surface area contributed by atoms with E-state index < -0.39 is 11.3 Å². The van der Waals surface area contributed by atoms with Crippen LogP contribution < -0.4 is 10.6 Å². The summed E-state index contributed by atoms with van der Waals surface area (Å²) < 4.78 is 26.5. The SMILES string of the molecule is CC(N)C1CCCCN1c1ccc([N+](=O)[O-])cc1C(F)F. The van der Waals surface area contributed by atoms with Crippen molar-refractivity contribution in [1.29, 1.82) is 0 Å². The predicted octanol–water partition coefficient (Wildman–Crippen LogP) is 3.24. The zero-order valence-corrected chi connectivity index (χ0v) is 11.8. The summed E-state index contributed by atoms with van der Waals surface area (Å²) in [4.78, 5) is 12.0. The number of benzene rings is 1. The Balaban J connectivity index is 2.43. The Morgan fingerprint density at radius 1 is 1.43 bits per heavy atom. The van der Waals surface area contributed by atoms with Gasteiger partial charge in [0.2, 0.25) is 0 Å². The van der Waals surface area contributed by atoms with Crippen molar-refractivity contribution >= 4 is 11.4 Å². The molecule has 1 aromatic carbocycles. The third-order valence-electron chi connectivity index (χ3n) is 3.92. The van der Waals surface area contributed by atoms with E-state index in [0.29, 0.717) is 12.2 Å². The Labute approximate surface area is 121 Å². The largest absolute Gasteiger partial charge is 0.367 e. The van der Waals surface area contributed by atoms with Crippen LogP contribution >= 0.6 is 0 Å². The molecule has 1 heterocycles. The average Bonchev–Trinajstić information content (AvgIpc) is 2.46. The normalized spacial score (nSPS) is 20.6. The van der Waals surface area contributed by atoms with Gasteiger partial charge >= 0.3 is 0 Å². The minimum atomic E-state index is -2.75. The molecule has 2 unspecified atom stereocenters. The van der Waals surface area contributed by atoms with Gasteiger partial charge in [-0.15, -0.1) is 0 Å². The zero-order valence-electron chi connectivity index (χ0n) is 11.8. The van der Waals surface area contributed by atoms with Crippen LogP contribution in [0.1, 0.15) is 38.2 Å². The standard InChI is InChI=1S/C14H19F2N3O2/c1-9(17)12-4-2-3-7-18(12)13-6-5-10(19(20)21)8-11(13)14(15)16/h5-6,8-9,12,14H,2-4,7,17H2,1H3. The molecule has 0 spiro atoms. The molecule has 1 saturated heterocycles. The second-order valence-electron chi connectivity index (χ2n) is 5.42. The minimum Gasteiger partial charge on any atom is -0.367 e. The lowest BCUT2D eigenvalue weighted by atomic mass is 9.95. The number of piperidine rings is 1. The zero-order chi connectivity index (χ0) is 15.6. The Morgan fingerprint density at radius 2 is 2.14 bits per heavy atom. The number of non-ortho nitro benzene ring substituents is 1. The Hall–Kier alpha value is -1.76. The van der Waals surface area contributed by atoms with Gasteiger partial charge in [-0.3, -0.25) is 10.1 Å². The van der Waals surface area contributed by atoms with Gasteiger partial charge in [-0.05, 0) is 32.3 Å². The number of nitro benzene ring substituents is 1. The van der Waals surface area contributed by atoms with Crippen LogP contribution in [-0.4, -0.2) is 23.6 Å². The number of hydrogen-bond acceptors (Lipinski definition) is 4. The topological polar surface area (TPSA) is 72.4 Å². The molecule has 5 nitrogen and oxygen atoms in total. The van der Waals surface area contributed by atoms with Crippen molar-refractivity contribution in [3.05, 3.63) is 33.9 Å². The minimum absolute atomic E-state index is 0.0160. The fraction of sp³-hybridized carbons (Fsp3) is 0.571. The highest BCUT2D eigenvalue weighted by molar-refractivity contribution is 5.59. The predicted molar refractivity (Wildman–Crippen MR) is 76.7 cm³/mol. The average molecular weight is 299 g/mol. The maximum absolute atomic E-state index is 13.3. The van der Waals surface area contributed by atoms with Crippen LogP contribution in [-0.2, 0) is 0 Å². The molecule has 0 amide bonds. The van der Waals surface area contributed by atoms with Gasteiger partial charge in [0, 0.05) is 42.0 Å². The van der Waals surface area contributed by atoms with Crippen molar-refractivity contribution in [3.63, 3.8) is 0 Å². The van der Waals surface area contributed by atoms with E-state index in [1.165, 1.54) is 12.1 Å². The van der Waals surface area contributed by atoms with E-state index in [2.05, 4.69) is 0 Å². The lowest BCUT2D eigenvalue weighted by Crippen LogP contribution is -2.49. The maximum atomic E-state index is 13.3. The molecule has 0 bridgehead atoms. The highest BCUT2D eigenvalue weighted by Gasteiger charge is 2.29. The van der Waals surface area contributed by atoms with E-state index in [4.69, 9.17) is 5.73 Å². The molecule has 1 fully saturated rings. The van der Waals surface area contributed by atoms with Crippen molar-refractivity contribution < 1.29 is 13.7 Å². The molecule has 116 valence electrons. The molecular weight excluding hydrogens is 280 g/mol. The van der Waals surface area contributed by atoms with Gasteiger partial charge in [0.25, 0.3) is 12.1 Å². The molecule has 2 N–H and O–H groups in total. The first kappa shape index (κ1) is 15.6.